The fraction of sp³-hybridized carbons (Fsp3) is 0.462. The Labute approximate surface area is 96.2 Å². The highest BCUT2D eigenvalue weighted by atomic mass is 16.2. The standard InChI is InChI=1S/C13H18N2O/c1-3-15(11-6-7-11)13(16)12-8-10(14)5-4-9(12)2/h4-5,8,11H,3,6-7,14H2,1-2H3. The van der Waals surface area contributed by atoms with Gasteiger partial charge >= 0.3 is 0 Å². The molecular formula is C13H18N2O. The van der Waals surface area contributed by atoms with Crippen molar-refractivity contribution in [2.75, 3.05) is 12.3 Å². The van der Waals surface area contributed by atoms with Crippen LogP contribution in [0.2, 0.25) is 0 Å². The number of nitrogens with zero attached hydrogens (tertiary/aromatic N) is 1. The van der Waals surface area contributed by atoms with Gasteiger partial charge in [0, 0.05) is 23.8 Å². The number of aryl methyl sites for hydroxylation is 1. The quantitative estimate of drug-likeness (QED) is 0.790. The molecule has 16 heavy (non-hydrogen) atoms. The summed E-state index contributed by atoms with van der Waals surface area (Å²) >= 11 is 0. The third-order valence-electron chi connectivity index (χ3n) is 3.08. The fourth-order valence-corrected chi connectivity index (χ4v) is 1.98. The number of amides is 1. The molecule has 2 rings (SSSR count). The van der Waals surface area contributed by atoms with Gasteiger partial charge in [-0.05, 0) is 44.4 Å². The van der Waals surface area contributed by atoms with E-state index in [0.717, 1.165) is 30.5 Å². The molecule has 2 N–H and O–H groups in total. The van der Waals surface area contributed by atoms with Crippen molar-refractivity contribution in [1.82, 2.24) is 4.90 Å². The summed E-state index contributed by atoms with van der Waals surface area (Å²) in [6.45, 7) is 4.75. The number of benzene rings is 1. The van der Waals surface area contributed by atoms with E-state index in [0.29, 0.717) is 11.7 Å². The smallest absolute Gasteiger partial charge is 0.254 e. The molecule has 0 heterocycles. The van der Waals surface area contributed by atoms with Crippen molar-refractivity contribution in [3.05, 3.63) is 29.3 Å². The van der Waals surface area contributed by atoms with Crippen LogP contribution in [0.25, 0.3) is 0 Å². The molecular weight excluding hydrogens is 200 g/mol. The molecule has 0 spiro atoms. The van der Waals surface area contributed by atoms with Gasteiger partial charge in [0.05, 0.1) is 0 Å². The average molecular weight is 218 g/mol. The van der Waals surface area contributed by atoms with E-state index in [1.165, 1.54) is 0 Å². The Balaban J connectivity index is 2.28. The zero-order valence-corrected chi connectivity index (χ0v) is 9.86. The first kappa shape index (κ1) is 11.0. The summed E-state index contributed by atoms with van der Waals surface area (Å²) in [7, 11) is 0. The lowest BCUT2D eigenvalue weighted by atomic mass is 10.1. The van der Waals surface area contributed by atoms with Gasteiger partial charge in [-0.15, -0.1) is 0 Å². The molecule has 1 fully saturated rings. The van der Waals surface area contributed by atoms with Crippen LogP contribution in [-0.4, -0.2) is 23.4 Å². The van der Waals surface area contributed by atoms with Gasteiger partial charge in [0.1, 0.15) is 0 Å². The molecule has 0 atom stereocenters. The predicted molar refractivity (Wildman–Crippen MR) is 65.3 cm³/mol. The minimum absolute atomic E-state index is 0.120. The lowest BCUT2D eigenvalue weighted by Gasteiger charge is -2.21. The zero-order valence-electron chi connectivity index (χ0n) is 9.86. The fourth-order valence-electron chi connectivity index (χ4n) is 1.98. The highest BCUT2D eigenvalue weighted by Gasteiger charge is 2.32. The minimum Gasteiger partial charge on any atom is -0.399 e. The Kier molecular flexibility index (Phi) is 2.86. The average Bonchev–Trinajstić information content (AvgIpc) is 3.07. The van der Waals surface area contributed by atoms with E-state index in [1.54, 1.807) is 6.07 Å². The molecule has 3 nitrogen and oxygen atoms in total. The Morgan fingerprint density at radius 1 is 1.50 bits per heavy atom. The number of carbonyl (C=O) groups is 1. The van der Waals surface area contributed by atoms with Crippen molar-refractivity contribution in [2.45, 2.75) is 32.7 Å². The van der Waals surface area contributed by atoms with Gasteiger partial charge in [0.15, 0.2) is 0 Å². The number of nitrogens with two attached hydrogens (primary N) is 1. The Bertz CT molecular complexity index is 410. The van der Waals surface area contributed by atoms with Crippen LogP contribution in [0, 0.1) is 6.92 Å². The van der Waals surface area contributed by atoms with Crippen molar-refractivity contribution in [3.8, 4) is 0 Å². The summed E-state index contributed by atoms with van der Waals surface area (Å²) in [6, 6.07) is 5.98. The van der Waals surface area contributed by atoms with Gasteiger partial charge < -0.3 is 10.6 Å². The second-order valence-electron chi connectivity index (χ2n) is 4.40. The van der Waals surface area contributed by atoms with Crippen molar-refractivity contribution in [1.29, 1.82) is 0 Å². The number of hydrogen-bond acceptors (Lipinski definition) is 2. The molecule has 0 saturated heterocycles. The van der Waals surface area contributed by atoms with Crippen molar-refractivity contribution in [3.63, 3.8) is 0 Å². The van der Waals surface area contributed by atoms with Crippen molar-refractivity contribution in [2.24, 2.45) is 0 Å². The molecule has 1 aromatic carbocycles. The van der Waals surface area contributed by atoms with Gasteiger partial charge in [0.2, 0.25) is 0 Å². The molecule has 1 aromatic rings. The zero-order chi connectivity index (χ0) is 11.7. The van der Waals surface area contributed by atoms with E-state index in [2.05, 4.69) is 0 Å². The van der Waals surface area contributed by atoms with Crippen LogP contribution in [0.5, 0.6) is 0 Å². The summed E-state index contributed by atoms with van der Waals surface area (Å²) in [5.74, 6) is 0.120. The molecule has 86 valence electrons. The molecule has 1 aliphatic rings. The number of rotatable bonds is 3. The van der Waals surface area contributed by atoms with E-state index in [9.17, 15) is 4.79 Å². The highest BCUT2D eigenvalue weighted by molar-refractivity contribution is 5.96. The summed E-state index contributed by atoms with van der Waals surface area (Å²) in [5.41, 5.74) is 8.12. The summed E-state index contributed by atoms with van der Waals surface area (Å²) in [4.78, 5) is 14.2. The van der Waals surface area contributed by atoms with Crippen LogP contribution in [0.4, 0.5) is 5.69 Å². The third kappa shape index (κ3) is 2.03. The normalized spacial score (nSPS) is 14.9. The third-order valence-corrected chi connectivity index (χ3v) is 3.08. The Morgan fingerprint density at radius 3 is 2.75 bits per heavy atom. The number of nitrogen functional groups attached to an aromatic ring is 1. The molecule has 1 amide bonds. The van der Waals surface area contributed by atoms with Crippen molar-refractivity contribution >= 4 is 11.6 Å². The molecule has 1 saturated carbocycles. The maximum absolute atomic E-state index is 12.3. The Hall–Kier alpha value is -1.51. The maximum atomic E-state index is 12.3. The predicted octanol–water partition coefficient (Wildman–Crippen LogP) is 2.20. The first-order valence-electron chi connectivity index (χ1n) is 5.80. The van der Waals surface area contributed by atoms with Crippen LogP contribution < -0.4 is 5.73 Å². The maximum Gasteiger partial charge on any atom is 0.254 e. The van der Waals surface area contributed by atoms with Crippen LogP contribution in [0.1, 0.15) is 35.7 Å². The SMILES string of the molecule is CCN(C(=O)c1cc(N)ccc1C)C1CC1. The van der Waals surface area contributed by atoms with E-state index < -0.39 is 0 Å². The van der Waals surface area contributed by atoms with Crippen LogP contribution in [-0.2, 0) is 0 Å². The molecule has 1 aliphatic carbocycles. The molecule has 0 radical (unpaired) electrons. The largest absolute Gasteiger partial charge is 0.399 e. The van der Waals surface area contributed by atoms with E-state index >= 15 is 0 Å². The number of hydrogen-bond donors (Lipinski definition) is 1. The van der Waals surface area contributed by atoms with Crippen LogP contribution >= 0.6 is 0 Å². The lowest BCUT2D eigenvalue weighted by molar-refractivity contribution is 0.0752. The number of carbonyl (C=O) groups excluding carboxylic acids is 1. The first-order chi connectivity index (χ1) is 7.63. The summed E-state index contributed by atoms with van der Waals surface area (Å²) in [5, 5.41) is 0. The van der Waals surface area contributed by atoms with Gasteiger partial charge in [0.25, 0.3) is 5.91 Å². The van der Waals surface area contributed by atoms with Gasteiger partial charge in [-0.25, -0.2) is 0 Å². The molecule has 3 heteroatoms. The van der Waals surface area contributed by atoms with E-state index in [4.69, 9.17) is 5.73 Å². The van der Waals surface area contributed by atoms with E-state index in [1.807, 2.05) is 30.9 Å². The monoisotopic (exact) mass is 218 g/mol. The number of anilines is 1. The van der Waals surface area contributed by atoms with Gasteiger partial charge in [-0.3, -0.25) is 4.79 Å². The summed E-state index contributed by atoms with van der Waals surface area (Å²) < 4.78 is 0. The minimum atomic E-state index is 0.120. The summed E-state index contributed by atoms with van der Waals surface area (Å²) in [6.07, 6.45) is 2.28. The van der Waals surface area contributed by atoms with Gasteiger partial charge in [-0.1, -0.05) is 6.07 Å². The van der Waals surface area contributed by atoms with Crippen LogP contribution in [0.3, 0.4) is 0 Å². The van der Waals surface area contributed by atoms with Crippen LogP contribution in [0.15, 0.2) is 18.2 Å². The first-order valence-corrected chi connectivity index (χ1v) is 5.80. The van der Waals surface area contributed by atoms with E-state index in [-0.39, 0.29) is 5.91 Å². The molecule has 0 unspecified atom stereocenters. The molecule has 0 aliphatic heterocycles. The second-order valence-corrected chi connectivity index (χ2v) is 4.40. The molecule has 0 bridgehead atoms. The molecule has 0 aromatic heterocycles. The highest BCUT2D eigenvalue weighted by Crippen LogP contribution is 2.28. The Morgan fingerprint density at radius 2 is 2.19 bits per heavy atom. The second kappa shape index (κ2) is 4.16. The van der Waals surface area contributed by atoms with Gasteiger partial charge in [-0.2, -0.15) is 0 Å². The lowest BCUT2D eigenvalue weighted by Crippen LogP contribution is -2.33. The topological polar surface area (TPSA) is 46.3 Å². The van der Waals surface area contributed by atoms with Crippen molar-refractivity contribution < 1.29 is 4.79 Å².